The lowest BCUT2D eigenvalue weighted by Crippen LogP contribution is -2.51. The number of imide groups is 1. The lowest BCUT2D eigenvalue weighted by atomic mass is 9.88. The Morgan fingerprint density at radius 3 is 2.24 bits per heavy atom. The molecule has 0 aliphatic carbocycles. The van der Waals surface area contributed by atoms with Gasteiger partial charge in [-0.15, -0.1) is 0 Å². The van der Waals surface area contributed by atoms with Crippen molar-refractivity contribution in [3.63, 3.8) is 0 Å². The number of primary amides is 1. The minimum absolute atomic E-state index is 0.116. The molecule has 0 saturated carbocycles. The van der Waals surface area contributed by atoms with Crippen LogP contribution in [0.5, 0.6) is 0 Å². The van der Waals surface area contributed by atoms with E-state index in [-0.39, 0.29) is 30.8 Å². The monoisotopic (exact) mass is 574 g/mol. The number of ether oxygens (including phenoxy) is 1. The third-order valence-electron chi connectivity index (χ3n) is 6.81. The minimum Gasteiger partial charge on any atom is -0.443 e. The number of anilines is 1. The van der Waals surface area contributed by atoms with Gasteiger partial charge < -0.3 is 32.2 Å². The zero-order valence-corrected chi connectivity index (χ0v) is 25.2. The van der Waals surface area contributed by atoms with Crippen LogP contribution in [-0.4, -0.2) is 65.0 Å². The standard InChI is InChI=1S/C29H46N6O6/c1-17(2)22(30)24(37)34-21(9-8-14-32-26(31)39)23(36)33-19-12-10-18(11-13-19)15-20-16-29(6,7)25(38)35(20)27(40)41-28(3,4)5/h10-13,17,20-22H,8-9,14-16,30H2,1-7H3,(H,33,36)(H,34,37)(H3,31,32,39)/t20-,21-,22-/m0/s1. The molecule has 0 radical (unpaired) electrons. The lowest BCUT2D eigenvalue weighted by Gasteiger charge is -2.27. The molecule has 12 heteroatoms. The fourth-order valence-corrected chi connectivity index (χ4v) is 4.55. The zero-order valence-electron chi connectivity index (χ0n) is 25.2. The van der Waals surface area contributed by atoms with Crippen LogP contribution in [0.3, 0.4) is 0 Å². The summed E-state index contributed by atoms with van der Waals surface area (Å²) >= 11 is 0. The summed E-state index contributed by atoms with van der Waals surface area (Å²) in [5.74, 6) is -1.26. The van der Waals surface area contributed by atoms with Crippen LogP contribution in [0.15, 0.2) is 24.3 Å². The Hall–Kier alpha value is -3.67. The molecule has 1 fully saturated rings. The van der Waals surface area contributed by atoms with Gasteiger partial charge in [0.15, 0.2) is 0 Å². The maximum atomic E-state index is 13.1. The molecular weight excluding hydrogens is 528 g/mol. The molecule has 3 atom stereocenters. The topological polar surface area (TPSA) is 186 Å². The van der Waals surface area contributed by atoms with Crippen LogP contribution in [0, 0.1) is 11.3 Å². The Bertz CT molecular complexity index is 1110. The van der Waals surface area contributed by atoms with Gasteiger partial charge in [-0.05, 0) is 70.1 Å². The highest BCUT2D eigenvalue weighted by molar-refractivity contribution is 5.98. The molecule has 1 aliphatic rings. The number of rotatable bonds is 11. The van der Waals surface area contributed by atoms with Crippen molar-refractivity contribution in [1.29, 1.82) is 0 Å². The maximum absolute atomic E-state index is 13.1. The minimum atomic E-state index is -0.879. The zero-order chi connectivity index (χ0) is 31.1. The van der Waals surface area contributed by atoms with Crippen molar-refractivity contribution >= 4 is 35.5 Å². The summed E-state index contributed by atoms with van der Waals surface area (Å²) in [5, 5.41) is 7.99. The van der Waals surface area contributed by atoms with E-state index in [9.17, 15) is 24.0 Å². The van der Waals surface area contributed by atoms with Crippen LogP contribution in [0.2, 0.25) is 0 Å². The smallest absolute Gasteiger partial charge is 0.417 e. The van der Waals surface area contributed by atoms with Gasteiger partial charge in [0, 0.05) is 23.7 Å². The van der Waals surface area contributed by atoms with E-state index in [1.807, 2.05) is 39.8 Å². The fourth-order valence-electron chi connectivity index (χ4n) is 4.55. The van der Waals surface area contributed by atoms with Crippen LogP contribution in [0.25, 0.3) is 0 Å². The van der Waals surface area contributed by atoms with Gasteiger partial charge in [-0.2, -0.15) is 0 Å². The number of nitrogens with zero attached hydrogens (tertiary/aromatic N) is 1. The van der Waals surface area contributed by atoms with Crippen molar-refractivity contribution in [2.75, 3.05) is 11.9 Å². The number of hydrogen-bond acceptors (Lipinski definition) is 7. The van der Waals surface area contributed by atoms with E-state index in [4.69, 9.17) is 16.2 Å². The number of likely N-dealkylation sites (tertiary alicyclic amines) is 1. The molecule has 1 aliphatic heterocycles. The Morgan fingerprint density at radius 2 is 1.71 bits per heavy atom. The quantitative estimate of drug-likeness (QED) is 0.251. The van der Waals surface area contributed by atoms with E-state index >= 15 is 0 Å². The number of nitrogens with two attached hydrogens (primary N) is 2. The number of amides is 6. The number of nitrogens with one attached hydrogen (secondary N) is 3. The summed E-state index contributed by atoms with van der Waals surface area (Å²) in [7, 11) is 0. The van der Waals surface area contributed by atoms with Crippen LogP contribution in [-0.2, 0) is 25.5 Å². The predicted octanol–water partition coefficient (Wildman–Crippen LogP) is 2.65. The van der Waals surface area contributed by atoms with Gasteiger partial charge in [0.25, 0.3) is 0 Å². The van der Waals surface area contributed by atoms with E-state index < -0.39 is 47.0 Å². The molecule has 2 rings (SSSR count). The van der Waals surface area contributed by atoms with Crippen molar-refractivity contribution in [2.24, 2.45) is 22.8 Å². The van der Waals surface area contributed by atoms with Gasteiger partial charge >= 0.3 is 12.1 Å². The van der Waals surface area contributed by atoms with E-state index in [1.54, 1.807) is 32.9 Å². The Morgan fingerprint density at radius 1 is 1.10 bits per heavy atom. The van der Waals surface area contributed by atoms with Crippen LogP contribution in [0.1, 0.15) is 73.3 Å². The van der Waals surface area contributed by atoms with E-state index in [0.717, 1.165) is 5.56 Å². The van der Waals surface area contributed by atoms with Gasteiger partial charge in [0.2, 0.25) is 17.7 Å². The summed E-state index contributed by atoms with van der Waals surface area (Å²) in [4.78, 5) is 63.7. The van der Waals surface area contributed by atoms with Crippen molar-refractivity contribution < 1.29 is 28.7 Å². The number of benzene rings is 1. The van der Waals surface area contributed by atoms with Crippen molar-refractivity contribution in [1.82, 2.24) is 15.5 Å². The summed E-state index contributed by atoms with van der Waals surface area (Å²) in [6.45, 7) is 12.8. The van der Waals surface area contributed by atoms with Crippen molar-refractivity contribution in [3.05, 3.63) is 29.8 Å². The molecule has 41 heavy (non-hydrogen) atoms. The first-order chi connectivity index (χ1) is 18.9. The molecule has 1 aromatic rings. The fraction of sp³-hybridized carbons (Fsp3) is 0.621. The molecule has 0 bridgehead atoms. The molecule has 228 valence electrons. The summed E-state index contributed by atoms with van der Waals surface area (Å²) < 4.78 is 5.49. The number of carbonyl (C=O) groups excluding carboxylic acids is 5. The molecule has 1 aromatic carbocycles. The molecule has 1 saturated heterocycles. The largest absolute Gasteiger partial charge is 0.443 e. The molecule has 0 aromatic heterocycles. The SMILES string of the molecule is CC(C)[C@H](N)C(=O)N[C@@H](CCCNC(N)=O)C(=O)Nc1ccc(C[C@H]2CC(C)(C)C(=O)N2C(=O)OC(C)(C)C)cc1. The second-order valence-electron chi connectivity index (χ2n) is 12.6. The summed E-state index contributed by atoms with van der Waals surface area (Å²) in [6.07, 6.45) is 0.933. The average Bonchev–Trinajstić information content (AvgIpc) is 3.07. The van der Waals surface area contributed by atoms with Gasteiger partial charge in [-0.25, -0.2) is 14.5 Å². The highest BCUT2D eigenvalue weighted by Gasteiger charge is 2.49. The van der Waals surface area contributed by atoms with Crippen LogP contribution >= 0.6 is 0 Å². The van der Waals surface area contributed by atoms with Crippen molar-refractivity contribution in [2.45, 2.75) is 97.9 Å². The second kappa shape index (κ2) is 13.8. The van der Waals surface area contributed by atoms with Gasteiger partial charge in [-0.1, -0.05) is 39.8 Å². The molecule has 0 spiro atoms. The van der Waals surface area contributed by atoms with Crippen LogP contribution < -0.4 is 27.4 Å². The first-order valence-corrected chi connectivity index (χ1v) is 14.0. The Kier molecular flexibility index (Phi) is 11.3. The van der Waals surface area contributed by atoms with Gasteiger partial charge in [0.05, 0.1) is 6.04 Å². The highest BCUT2D eigenvalue weighted by Crippen LogP contribution is 2.37. The second-order valence-corrected chi connectivity index (χ2v) is 12.6. The molecule has 7 N–H and O–H groups in total. The molecular formula is C29H46N6O6. The van der Waals surface area contributed by atoms with E-state index in [0.29, 0.717) is 24.9 Å². The first kappa shape index (κ1) is 33.5. The van der Waals surface area contributed by atoms with Crippen molar-refractivity contribution in [3.8, 4) is 0 Å². The maximum Gasteiger partial charge on any atom is 0.417 e. The van der Waals surface area contributed by atoms with Gasteiger partial charge in [-0.3, -0.25) is 14.4 Å². The van der Waals surface area contributed by atoms with Crippen LogP contribution in [0.4, 0.5) is 15.3 Å². The Balaban J connectivity index is 2.11. The number of carbonyl (C=O) groups is 5. The predicted molar refractivity (Wildman–Crippen MR) is 156 cm³/mol. The number of hydrogen-bond donors (Lipinski definition) is 5. The molecule has 0 unspecified atom stereocenters. The molecule has 12 nitrogen and oxygen atoms in total. The number of urea groups is 1. The molecule has 6 amide bonds. The lowest BCUT2D eigenvalue weighted by molar-refractivity contribution is -0.134. The van der Waals surface area contributed by atoms with E-state index in [1.165, 1.54) is 4.90 Å². The normalized spacial score (nSPS) is 18.0. The third-order valence-corrected chi connectivity index (χ3v) is 6.81. The van der Waals surface area contributed by atoms with E-state index in [2.05, 4.69) is 16.0 Å². The third kappa shape index (κ3) is 10.0. The average molecular weight is 575 g/mol. The van der Waals surface area contributed by atoms with Gasteiger partial charge in [0.1, 0.15) is 11.6 Å². The Labute approximate surface area is 242 Å². The summed E-state index contributed by atoms with van der Waals surface area (Å²) in [5.41, 5.74) is 11.0. The highest BCUT2D eigenvalue weighted by atomic mass is 16.6. The summed E-state index contributed by atoms with van der Waals surface area (Å²) in [6, 6.07) is 4.39. The first-order valence-electron chi connectivity index (χ1n) is 14.0. The molecule has 1 heterocycles.